The van der Waals surface area contributed by atoms with E-state index in [1.165, 1.54) is 25.4 Å². The molecule has 2 aromatic carbocycles. The van der Waals surface area contributed by atoms with E-state index in [9.17, 15) is 26.5 Å². The highest BCUT2D eigenvalue weighted by Crippen LogP contribution is 2.34. The fraction of sp³-hybridized carbons (Fsp3) is 0.190. The maximum absolute atomic E-state index is 14.4. The van der Waals surface area contributed by atoms with Crippen molar-refractivity contribution in [3.8, 4) is 23.2 Å². The number of halogens is 5. The van der Waals surface area contributed by atoms with Crippen LogP contribution in [-0.2, 0) is 23.6 Å². The summed E-state index contributed by atoms with van der Waals surface area (Å²) in [5.41, 5.74) is -0.926. The minimum Gasteiger partial charge on any atom is -0.496 e. The quantitative estimate of drug-likeness (QED) is 0.331. The van der Waals surface area contributed by atoms with Crippen LogP contribution in [-0.4, -0.2) is 27.4 Å². The Bertz CT molecular complexity index is 1280. The second kappa shape index (κ2) is 10.5. The molecule has 0 aliphatic carbocycles. The summed E-state index contributed by atoms with van der Waals surface area (Å²) in [7, 11) is -0.352. The normalized spacial score (nSPS) is 12.3. The standard InChI is InChI=1S/C21H16F5N5O2S/c1-33-18-9-14(22)2-3-16(18)19-17(23)10-28-20(31-19)30-15-7-12(4-5-34(32)29-11-27)6-13(8-15)21(24,25)26/h2-3,6-10H,4-5H2,1H3,(H,29,32)(H,28,30,31). The number of hydrogen-bond donors (Lipinski definition) is 2. The second-order valence-electron chi connectivity index (χ2n) is 6.76. The smallest absolute Gasteiger partial charge is 0.416 e. The molecule has 0 saturated heterocycles. The Morgan fingerprint density at radius 2 is 1.97 bits per heavy atom. The maximum Gasteiger partial charge on any atom is 0.416 e. The predicted molar refractivity (Wildman–Crippen MR) is 115 cm³/mol. The minimum absolute atomic E-state index is 0.00565. The number of hydrogen-bond acceptors (Lipinski definition) is 6. The van der Waals surface area contributed by atoms with Gasteiger partial charge in [-0.15, -0.1) is 4.36 Å². The fourth-order valence-corrected chi connectivity index (χ4v) is 3.58. The molecule has 0 aliphatic rings. The summed E-state index contributed by atoms with van der Waals surface area (Å²) < 4.78 is 86.0. The molecule has 1 atom stereocenters. The molecule has 0 amide bonds. The zero-order valence-corrected chi connectivity index (χ0v) is 18.2. The van der Waals surface area contributed by atoms with Gasteiger partial charge in [-0.2, -0.15) is 18.4 Å². The first kappa shape index (κ1) is 25.0. The Labute approximate surface area is 193 Å². The van der Waals surface area contributed by atoms with E-state index >= 15 is 0 Å². The van der Waals surface area contributed by atoms with Crippen LogP contribution in [0.25, 0.3) is 11.3 Å². The van der Waals surface area contributed by atoms with E-state index in [1.54, 1.807) is 0 Å². The summed E-state index contributed by atoms with van der Waals surface area (Å²) >= 11 is 0. The molecule has 0 bridgehead atoms. The van der Waals surface area contributed by atoms with Crippen molar-refractivity contribution < 1.29 is 31.2 Å². The Kier molecular flexibility index (Phi) is 7.75. The van der Waals surface area contributed by atoms with Crippen molar-refractivity contribution in [2.24, 2.45) is 4.36 Å². The van der Waals surface area contributed by atoms with Gasteiger partial charge in [0.25, 0.3) is 0 Å². The third-order valence-corrected chi connectivity index (χ3v) is 5.32. The number of nitrogens with zero attached hydrogens (tertiary/aromatic N) is 4. The number of aromatic nitrogens is 2. The topological polar surface area (TPSA) is 103 Å². The number of methoxy groups -OCH3 is 1. The van der Waals surface area contributed by atoms with E-state index in [1.807, 2.05) is 0 Å². The SMILES string of the molecule is COc1cc(F)ccc1-c1nc(Nc2cc(CCS(O)=NC#N)cc(C(F)(F)F)c2)ncc1F. The highest BCUT2D eigenvalue weighted by molar-refractivity contribution is 7.81. The van der Waals surface area contributed by atoms with Crippen LogP contribution in [0.4, 0.5) is 33.6 Å². The summed E-state index contributed by atoms with van der Waals surface area (Å²) in [6.07, 6.45) is -2.40. The van der Waals surface area contributed by atoms with E-state index < -0.39 is 34.3 Å². The Morgan fingerprint density at radius 1 is 1.21 bits per heavy atom. The minimum atomic E-state index is -4.67. The average molecular weight is 497 g/mol. The fourth-order valence-electron chi connectivity index (χ4n) is 2.98. The lowest BCUT2D eigenvalue weighted by Crippen LogP contribution is -2.09. The molecule has 1 unspecified atom stereocenters. The molecule has 3 rings (SSSR count). The van der Waals surface area contributed by atoms with Crippen LogP contribution >= 0.6 is 0 Å². The third kappa shape index (κ3) is 6.24. The first-order valence-corrected chi connectivity index (χ1v) is 10.8. The average Bonchev–Trinajstić information content (AvgIpc) is 2.78. The van der Waals surface area contributed by atoms with Crippen molar-refractivity contribution in [3.05, 3.63) is 65.4 Å². The first-order valence-electron chi connectivity index (χ1n) is 9.45. The summed E-state index contributed by atoms with van der Waals surface area (Å²) in [4.78, 5) is 7.80. The monoisotopic (exact) mass is 497 g/mol. The molecule has 0 spiro atoms. The number of alkyl halides is 3. The van der Waals surface area contributed by atoms with E-state index in [2.05, 4.69) is 19.6 Å². The molecule has 0 saturated carbocycles. The molecule has 1 heterocycles. The van der Waals surface area contributed by atoms with Gasteiger partial charge in [-0.1, -0.05) is 0 Å². The molecule has 0 fully saturated rings. The van der Waals surface area contributed by atoms with Crippen LogP contribution in [0.2, 0.25) is 0 Å². The lowest BCUT2D eigenvalue weighted by molar-refractivity contribution is -0.137. The Morgan fingerprint density at radius 3 is 2.65 bits per heavy atom. The van der Waals surface area contributed by atoms with Crippen LogP contribution in [0.5, 0.6) is 5.75 Å². The van der Waals surface area contributed by atoms with Gasteiger partial charge in [0, 0.05) is 34.0 Å². The lowest BCUT2D eigenvalue weighted by atomic mass is 10.1. The van der Waals surface area contributed by atoms with Crippen LogP contribution in [0.15, 0.2) is 47.0 Å². The molecule has 34 heavy (non-hydrogen) atoms. The van der Waals surface area contributed by atoms with Crippen molar-refractivity contribution in [2.45, 2.75) is 12.6 Å². The van der Waals surface area contributed by atoms with Gasteiger partial charge in [0.15, 0.2) is 5.82 Å². The van der Waals surface area contributed by atoms with E-state index in [0.29, 0.717) is 0 Å². The molecule has 7 nitrogen and oxygen atoms in total. The summed E-state index contributed by atoms with van der Waals surface area (Å²) in [6, 6.07) is 6.49. The van der Waals surface area contributed by atoms with Crippen molar-refractivity contribution in [1.82, 2.24) is 9.97 Å². The van der Waals surface area contributed by atoms with Gasteiger partial charge < -0.3 is 14.6 Å². The number of aryl methyl sites for hydroxylation is 1. The zero-order valence-electron chi connectivity index (χ0n) is 17.4. The molecular weight excluding hydrogens is 481 g/mol. The Balaban J connectivity index is 1.97. The molecule has 2 N–H and O–H groups in total. The number of benzene rings is 2. The summed E-state index contributed by atoms with van der Waals surface area (Å²) in [5, 5.41) is 11.1. The van der Waals surface area contributed by atoms with Gasteiger partial charge in [-0.3, -0.25) is 0 Å². The van der Waals surface area contributed by atoms with Gasteiger partial charge in [0.2, 0.25) is 12.1 Å². The van der Waals surface area contributed by atoms with E-state index in [0.717, 1.165) is 30.5 Å². The molecular formula is C21H16F5N5O2S. The predicted octanol–water partition coefficient (Wildman–Crippen LogP) is 5.49. The number of ether oxygens (including phenoxy) is 1. The van der Waals surface area contributed by atoms with Gasteiger partial charge >= 0.3 is 6.18 Å². The summed E-state index contributed by atoms with van der Waals surface area (Å²) in [6.45, 7) is 0. The van der Waals surface area contributed by atoms with Gasteiger partial charge in [0.05, 0.1) is 18.9 Å². The zero-order chi connectivity index (χ0) is 24.9. The molecule has 1 aromatic heterocycles. The largest absolute Gasteiger partial charge is 0.496 e. The van der Waals surface area contributed by atoms with Gasteiger partial charge in [-0.05, 0) is 42.3 Å². The molecule has 178 valence electrons. The van der Waals surface area contributed by atoms with Crippen LogP contribution in [0.1, 0.15) is 11.1 Å². The number of anilines is 2. The number of rotatable bonds is 7. The van der Waals surface area contributed by atoms with Crippen LogP contribution < -0.4 is 10.1 Å². The van der Waals surface area contributed by atoms with Crippen molar-refractivity contribution >= 4 is 22.6 Å². The van der Waals surface area contributed by atoms with Crippen molar-refractivity contribution in [2.75, 3.05) is 18.2 Å². The maximum atomic E-state index is 14.4. The highest BCUT2D eigenvalue weighted by atomic mass is 32.2. The van der Waals surface area contributed by atoms with E-state index in [-0.39, 0.29) is 46.4 Å². The molecule has 3 aromatic rings. The Hall–Kier alpha value is -3.63. The van der Waals surface area contributed by atoms with Gasteiger partial charge in [-0.25, -0.2) is 18.7 Å². The van der Waals surface area contributed by atoms with Crippen molar-refractivity contribution in [3.63, 3.8) is 0 Å². The van der Waals surface area contributed by atoms with Crippen LogP contribution in [0.3, 0.4) is 0 Å². The van der Waals surface area contributed by atoms with Crippen molar-refractivity contribution in [1.29, 1.82) is 5.26 Å². The number of nitrogens with one attached hydrogen (secondary N) is 1. The summed E-state index contributed by atoms with van der Waals surface area (Å²) in [5.74, 6) is -1.72. The first-order chi connectivity index (χ1) is 16.1. The lowest BCUT2D eigenvalue weighted by Gasteiger charge is -2.14. The molecule has 0 aliphatic heterocycles. The van der Waals surface area contributed by atoms with Crippen LogP contribution in [0, 0.1) is 23.1 Å². The molecule has 0 radical (unpaired) electrons. The van der Waals surface area contributed by atoms with Gasteiger partial charge in [0.1, 0.15) is 17.3 Å². The van der Waals surface area contributed by atoms with E-state index in [4.69, 9.17) is 10.00 Å². The third-order valence-electron chi connectivity index (χ3n) is 4.46. The number of nitriles is 1. The second-order valence-corrected chi connectivity index (χ2v) is 8.03. The molecule has 13 heteroatoms. The highest BCUT2D eigenvalue weighted by Gasteiger charge is 2.31.